The van der Waals surface area contributed by atoms with Crippen molar-refractivity contribution in [3.05, 3.63) is 52.3 Å². The van der Waals surface area contributed by atoms with E-state index in [1.54, 1.807) is 0 Å². The van der Waals surface area contributed by atoms with Gasteiger partial charge in [0.2, 0.25) is 0 Å². The number of nitriles is 1. The zero-order chi connectivity index (χ0) is 16.4. The van der Waals surface area contributed by atoms with E-state index >= 15 is 0 Å². The molecule has 4 rings (SSSR count). The van der Waals surface area contributed by atoms with Crippen LogP contribution in [0.3, 0.4) is 0 Å². The molecule has 1 fully saturated rings. The number of hydrogen-bond donors (Lipinski definition) is 1. The van der Waals surface area contributed by atoms with Crippen molar-refractivity contribution in [1.29, 1.82) is 5.26 Å². The lowest BCUT2D eigenvalue weighted by atomic mass is 9.84. The van der Waals surface area contributed by atoms with Crippen LogP contribution < -0.4 is 5.32 Å². The third-order valence-corrected chi connectivity index (χ3v) is 5.42. The number of rotatable bonds is 3. The summed E-state index contributed by atoms with van der Waals surface area (Å²) in [4.78, 5) is 0. The van der Waals surface area contributed by atoms with Gasteiger partial charge in [-0.25, -0.2) is 0 Å². The van der Waals surface area contributed by atoms with E-state index in [4.69, 9.17) is 10.4 Å². The molecule has 1 saturated carbocycles. The first-order chi connectivity index (χ1) is 11.8. The van der Waals surface area contributed by atoms with E-state index < -0.39 is 0 Å². The zero-order valence-electron chi connectivity index (χ0n) is 14.1. The minimum Gasteiger partial charge on any atom is -0.312 e. The van der Waals surface area contributed by atoms with Crippen LogP contribution in [0.1, 0.15) is 66.1 Å². The van der Waals surface area contributed by atoms with Crippen LogP contribution in [-0.4, -0.2) is 16.3 Å². The van der Waals surface area contributed by atoms with Gasteiger partial charge in [0.1, 0.15) is 0 Å². The van der Waals surface area contributed by atoms with Gasteiger partial charge in [-0.2, -0.15) is 10.4 Å². The second-order valence-corrected chi connectivity index (χ2v) is 7.04. The molecule has 0 radical (unpaired) electrons. The Balaban J connectivity index is 1.67. The zero-order valence-corrected chi connectivity index (χ0v) is 14.1. The molecule has 1 N–H and O–H groups in total. The minimum absolute atomic E-state index is 0.638. The summed E-state index contributed by atoms with van der Waals surface area (Å²) in [6.45, 7) is 2.75. The fourth-order valence-electron chi connectivity index (χ4n) is 4.19. The lowest BCUT2D eigenvalue weighted by Gasteiger charge is -2.22. The Hall–Kier alpha value is -2.12. The molecular weight excluding hydrogens is 296 g/mol. The Morgan fingerprint density at radius 3 is 2.96 bits per heavy atom. The van der Waals surface area contributed by atoms with Crippen LogP contribution in [0.25, 0.3) is 0 Å². The van der Waals surface area contributed by atoms with E-state index in [1.165, 1.54) is 49.1 Å². The van der Waals surface area contributed by atoms with Gasteiger partial charge in [-0.1, -0.05) is 31.4 Å². The number of nitrogens with zero attached hydrogens (tertiary/aromatic N) is 3. The van der Waals surface area contributed by atoms with Gasteiger partial charge < -0.3 is 5.32 Å². The van der Waals surface area contributed by atoms with Crippen LogP contribution in [0.4, 0.5) is 0 Å². The Morgan fingerprint density at radius 2 is 2.12 bits per heavy atom. The lowest BCUT2D eigenvalue weighted by molar-refractivity contribution is 0.430. The second-order valence-electron chi connectivity index (χ2n) is 7.04. The van der Waals surface area contributed by atoms with Gasteiger partial charge in [0.25, 0.3) is 0 Å². The van der Waals surface area contributed by atoms with Crippen molar-refractivity contribution in [3.8, 4) is 6.07 Å². The quantitative estimate of drug-likeness (QED) is 0.942. The molecule has 1 aliphatic carbocycles. The fourth-order valence-corrected chi connectivity index (χ4v) is 4.19. The van der Waals surface area contributed by atoms with E-state index in [1.807, 2.05) is 18.2 Å². The van der Waals surface area contributed by atoms with Crippen LogP contribution in [0.2, 0.25) is 0 Å². The van der Waals surface area contributed by atoms with Crippen molar-refractivity contribution in [2.75, 3.05) is 6.54 Å². The van der Waals surface area contributed by atoms with E-state index in [-0.39, 0.29) is 0 Å². The normalized spacial score (nSPS) is 18.1. The molecule has 2 aromatic rings. The highest BCUT2D eigenvalue weighted by molar-refractivity contribution is 5.35. The highest BCUT2D eigenvalue weighted by Crippen LogP contribution is 2.35. The summed E-state index contributed by atoms with van der Waals surface area (Å²) < 4.78 is 2.20. The molecule has 1 aliphatic heterocycles. The standard InChI is InChI=1S/C20H24N4/c21-12-15-5-4-6-16(11-15)14-24-19-9-10-22-13-18(19)20(23-24)17-7-2-1-3-8-17/h4-6,11,17,22H,1-3,7-10,13-14H2. The molecule has 0 unspecified atom stereocenters. The van der Waals surface area contributed by atoms with Crippen molar-refractivity contribution in [3.63, 3.8) is 0 Å². The van der Waals surface area contributed by atoms with Crippen molar-refractivity contribution < 1.29 is 0 Å². The van der Waals surface area contributed by atoms with Gasteiger partial charge in [-0.05, 0) is 30.5 Å². The molecule has 124 valence electrons. The Kier molecular flexibility index (Phi) is 4.36. The summed E-state index contributed by atoms with van der Waals surface area (Å²) in [5, 5.41) is 17.7. The van der Waals surface area contributed by atoms with Crippen molar-refractivity contribution in [1.82, 2.24) is 15.1 Å². The molecule has 0 saturated heterocycles. The minimum atomic E-state index is 0.638. The average molecular weight is 320 g/mol. The Morgan fingerprint density at radius 1 is 1.25 bits per heavy atom. The van der Waals surface area contributed by atoms with E-state index in [0.717, 1.165) is 37.2 Å². The van der Waals surface area contributed by atoms with Crippen LogP contribution >= 0.6 is 0 Å². The van der Waals surface area contributed by atoms with Crippen LogP contribution in [0, 0.1) is 11.3 Å². The summed E-state index contributed by atoms with van der Waals surface area (Å²) in [5.74, 6) is 0.638. The SMILES string of the molecule is N#Cc1cccc(Cn2nc(C3CCCCC3)c3c2CCNC3)c1. The van der Waals surface area contributed by atoms with Crippen LogP contribution in [0.5, 0.6) is 0 Å². The summed E-state index contributed by atoms with van der Waals surface area (Å²) in [5.41, 5.74) is 6.07. The van der Waals surface area contributed by atoms with Gasteiger partial charge in [-0.15, -0.1) is 0 Å². The maximum atomic E-state index is 9.11. The first kappa shape index (κ1) is 15.4. The van der Waals surface area contributed by atoms with Gasteiger partial charge in [-0.3, -0.25) is 4.68 Å². The summed E-state index contributed by atoms with van der Waals surface area (Å²) in [7, 11) is 0. The van der Waals surface area contributed by atoms with Crippen molar-refractivity contribution in [2.24, 2.45) is 0 Å². The number of fused-ring (bicyclic) bond motifs is 1. The Bertz CT molecular complexity index is 762. The predicted octanol–water partition coefficient (Wildman–Crippen LogP) is 3.50. The van der Waals surface area contributed by atoms with Gasteiger partial charge in [0.05, 0.1) is 23.9 Å². The molecule has 2 aliphatic rings. The van der Waals surface area contributed by atoms with E-state index in [0.29, 0.717) is 5.92 Å². The lowest BCUT2D eigenvalue weighted by Crippen LogP contribution is -2.25. The number of benzene rings is 1. The van der Waals surface area contributed by atoms with Crippen LogP contribution in [0.15, 0.2) is 24.3 Å². The largest absolute Gasteiger partial charge is 0.312 e. The monoisotopic (exact) mass is 320 g/mol. The molecule has 0 atom stereocenters. The highest BCUT2D eigenvalue weighted by atomic mass is 15.3. The molecule has 1 aromatic heterocycles. The summed E-state index contributed by atoms with van der Waals surface area (Å²) >= 11 is 0. The molecule has 4 nitrogen and oxygen atoms in total. The molecule has 24 heavy (non-hydrogen) atoms. The van der Waals surface area contributed by atoms with Gasteiger partial charge in [0.15, 0.2) is 0 Å². The smallest absolute Gasteiger partial charge is 0.0991 e. The predicted molar refractivity (Wildman–Crippen MR) is 93.7 cm³/mol. The Labute approximate surface area is 143 Å². The van der Waals surface area contributed by atoms with Crippen molar-refractivity contribution in [2.45, 2.75) is 57.5 Å². The number of hydrogen-bond acceptors (Lipinski definition) is 3. The molecule has 4 heteroatoms. The van der Waals surface area contributed by atoms with Gasteiger partial charge in [0, 0.05) is 36.7 Å². The molecule has 0 spiro atoms. The fraction of sp³-hybridized carbons (Fsp3) is 0.500. The first-order valence-electron chi connectivity index (χ1n) is 9.13. The maximum absolute atomic E-state index is 9.11. The van der Waals surface area contributed by atoms with Gasteiger partial charge >= 0.3 is 0 Å². The number of aromatic nitrogens is 2. The maximum Gasteiger partial charge on any atom is 0.0991 e. The first-order valence-corrected chi connectivity index (χ1v) is 9.13. The molecular formula is C20H24N4. The van der Waals surface area contributed by atoms with Crippen molar-refractivity contribution >= 4 is 0 Å². The average Bonchev–Trinajstić information content (AvgIpc) is 3.01. The molecule has 0 bridgehead atoms. The van der Waals surface area contributed by atoms with E-state index in [2.05, 4.69) is 22.1 Å². The van der Waals surface area contributed by atoms with E-state index in [9.17, 15) is 0 Å². The second kappa shape index (κ2) is 6.78. The summed E-state index contributed by atoms with van der Waals surface area (Å²) in [6, 6.07) is 10.1. The third kappa shape index (κ3) is 2.97. The molecule has 0 amide bonds. The topological polar surface area (TPSA) is 53.6 Å². The highest BCUT2D eigenvalue weighted by Gasteiger charge is 2.27. The number of nitrogens with one attached hydrogen (secondary N) is 1. The molecule has 1 aromatic carbocycles. The summed E-state index contributed by atoms with van der Waals surface area (Å²) in [6.07, 6.45) is 7.67. The molecule has 2 heterocycles. The third-order valence-electron chi connectivity index (χ3n) is 5.42. The van der Waals surface area contributed by atoms with Crippen LogP contribution in [-0.2, 0) is 19.5 Å².